The van der Waals surface area contributed by atoms with Gasteiger partial charge in [-0.25, -0.2) is 14.6 Å². The number of urea groups is 1. The number of methoxy groups -OCH3 is 1. The van der Waals surface area contributed by atoms with E-state index in [0.717, 1.165) is 54.6 Å². The van der Waals surface area contributed by atoms with Gasteiger partial charge in [-0.1, -0.05) is 115 Å². The SMILES string of the molecule is COC(=O)[C@H](Cc1ccccc1)NC(=O)NCc1cccc(-c2cccc([C@@H]3O[C@H](CSc4nc5ccccc5s4)C[C@H](c4ccc(CO)cc4)O3)c2)c1. The zero-order valence-corrected chi connectivity index (χ0v) is 31.4. The molecule has 6 aromatic rings. The van der Waals surface area contributed by atoms with E-state index in [1.807, 2.05) is 115 Å². The van der Waals surface area contributed by atoms with Gasteiger partial charge in [0.1, 0.15) is 6.04 Å². The number of rotatable bonds is 13. The van der Waals surface area contributed by atoms with Crippen molar-refractivity contribution in [3.63, 3.8) is 0 Å². The molecule has 5 aromatic carbocycles. The van der Waals surface area contributed by atoms with Crippen molar-refractivity contribution in [1.82, 2.24) is 15.6 Å². The van der Waals surface area contributed by atoms with Crippen molar-refractivity contribution >= 4 is 45.3 Å². The van der Waals surface area contributed by atoms with Crippen LogP contribution in [0.2, 0.25) is 0 Å². The second kappa shape index (κ2) is 17.9. The quantitative estimate of drug-likeness (QED) is 0.0794. The molecule has 7 rings (SSSR count). The largest absolute Gasteiger partial charge is 0.467 e. The lowest BCUT2D eigenvalue weighted by molar-refractivity contribution is -0.245. The number of thioether (sulfide) groups is 1. The third-order valence-electron chi connectivity index (χ3n) is 9.23. The molecule has 3 N–H and O–H groups in total. The number of carbonyl (C=O) groups excluding carboxylic acids is 2. The molecular weight excluding hydrogens is 719 g/mol. The van der Waals surface area contributed by atoms with Crippen LogP contribution in [0.25, 0.3) is 21.3 Å². The number of hydrogen-bond donors (Lipinski definition) is 3. The molecule has 276 valence electrons. The summed E-state index contributed by atoms with van der Waals surface area (Å²) in [5, 5.41) is 15.2. The van der Waals surface area contributed by atoms with Gasteiger partial charge < -0.3 is 30.0 Å². The molecule has 1 aliphatic heterocycles. The molecule has 2 amide bonds. The molecule has 2 heterocycles. The monoisotopic (exact) mass is 759 g/mol. The highest BCUT2D eigenvalue weighted by atomic mass is 32.2. The van der Waals surface area contributed by atoms with E-state index in [2.05, 4.69) is 22.8 Å². The Balaban J connectivity index is 1.04. The van der Waals surface area contributed by atoms with Crippen LogP contribution in [0.1, 0.15) is 46.6 Å². The molecule has 0 saturated carbocycles. The molecule has 0 spiro atoms. The van der Waals surface area contributed by atoms with Crippen LogP contribution in [-0.2, 0) is 38.6 Å². The number of benzene rings is 5. The number of hydrogen-bond acceptors (Lipinski definition) is 9. The minimum Gasteiger partial charge on any atom is -0.467 e. The Labute approximate surface area is 322 Å². The molecular formula is C43H41N3O6S2. The summed E-state index contributed by atoms with van der Waals surface area (Å²) in [4.78, 5) is 30.1. The minimum atomic E-state index is -0.819. The van der Waals surface area contributed by atoms with Crippen molar-refractivity contribution in [3.05, 3.63) is 155 Å². The first kappa shape index (κ1) is 37.3. The number of esters is 1. The maximum Gasteiger partial charge on any atom is 0.328 e. The number of ether oxygens (including phenoxy) is 3. The summed E-state index contributed by atoms with van der Waals surface area (Å²) in [5.74, 6) is 0.214. The van der Waals surface area contributed by atoms with Crippen LogP contribution in [0.3, 0.4) is 0 Å². The highest BCUT2D eigenvalue weighted by Crippen LogP contribution is 2.41. The average molecular weight is 760 g/mol. The van der Waals surface area contributed by atoms with Crippen molar-refractivity contribution in [2.24, 2.45) is 0 Å². The smallest absolute Gasteiger partial charge is 0.328 e. The first-order valence-electron chi connectivity index (χ1n) is 17.8. The van der Waals surface area contributed by atoms with E-state index in [0.29, 0.717) is 12.8 Å². The zero-order valence-electron chi connectivity index (χ0n) is 29.7. The van der Waals surface area contributed by atoms with Crippen LogP contribution >= 0.6 is 23.1 Å². The lowest BCUT2D eigenvalue weighted by Crippen LogP contribution is -2.47. The highest BCUT2D eigenvalue weighted by Gasteiger charge is 2.32. The van der Waals surface area contributed by atoms with E-state index in [-0.39, 0.29) is 25.4 Å². The Morgan fingerprint density at radius 2 is 1.59 bits per heavy atom. The van der Waals surface area contributed by atoms with Crippen LogP contribution in [0.15, 0.2) is 132 Å². The molecule has 1 fully saturated rings. The van der Waals surface area contributed by atoms with Crippen molar-refractivity contribution < 1.29 is 28.9 Å². The fourth-order valence-electron chi connectivity index (χ4n) is 6.40. The molecule has 0 aliphatic carbocycles. The Morgan fingerprint density at radius 3 is 2.37 bits per heavy atom. The number of aromatic nitrogens is 1. The molecule has 0 radical (unpaired) electrons. The number of aliphatic hydroxyl groups is 1. The summed E-state index contributed by atoms with van der Waals surface area (Å²) in [6.45, 7) is 0.249. The summed E-state index contributed by atoms with van der Waals surface area (Å²) >= 11 is 3.39. The summed E-state index contributed by atoms with van der Waals surface area (Å²) in [5.41, 5.74) is 7.56. The van der Waals surface area contributed by atoms with Gasteiger partial charge in [0, 0.05) is 30.7 Å². The third-order valence-corrected chi connectivity index (χ3v) is 11.5. The Kier molecular flexibility index (Phi) is 12.3. The summed E-state index contributed by atoms with van der Waals surface area (Å²) in [6, 6.07) is 40.4. The van der Waals surface area contributed by atoms with Crippen LogP contribution < -0.4 is 10.6 Å². The highest BCUT2D eigenvalue weighted by molar-refractivity contribution is 8.01. The van der Waals surface area contributed by atoms with E-state index < -0.39 is 24.3 Å². The summed E-state index contributed by atoms with van der Waals surface area (Å²) < 4.78 is 20.4. The second-order valence-corrected chi connectivity index (χ2v) is 15.3. The molecule has 54 heavy (non-hydrogen) atoms. The van der Waals surface area contributed by atoms with Gasteiger partial charge >= 0.3 is 12.0 Å². The van der Waals surface area contributed by atoms with Crippen LogP contribution in [0, 0.1) is 0 Å². The van der Waals surface area contributed by atoms with Gasteiger partial charge in [0.15, 0.2) is 10.6 Å². The molecule has 9 nitrogen and oxygen atoms in total. The second-order valence-electron chi connectivity index (χ2n) is 13.0. The van der Waals surface area contributed by atoms with Crippen molar-refractivity contribution in [1.29, 1.82) is 0 Å². The number of amides is 2. The number of nitrogens with one attached hydrogen (secondary N) is 2. The number of aliphatic hydroxyl groups excluding tert-OH is 1. The van der Waals surface area contributed by atoms with Gasteiger partial charge in [-0.2, -0.15) is 0 Å². The third kappa shape index (κ3) is 9.54. The van der Waals surface area contributed by atoms with E-state index >= 15 is 0 Å². The lowest BCUT2D eigenvalue weighted by Gasteiger charge is -2.36. The normalized spacial score (nSPS) is 17.5. The van der Waals surface area contributed by atoms with E-state index in [9.17, 15) is 14.7 Å². The van der Waals surface area contributed by atoms with Crippen molar-refractivity contribution in [3.8, 4) is 11.1 Å². The van der Waals surface area contributed by atoms with Crippen molar-refractivity contribution in [2.75, 3.05) is 12.9 Å². The Bertz CT molecular complexity index is 2140. The number of para-hydroxylation sites is 1. The zero-order chi connectivity index (χ0) is 37.3. The number of thiazole rings is 1. The first-order chi connectivity index (χ1) is 26.4. The van der Waals surface area contributed by atoms with E-state index in [1.54, 1.807) is 23.1 Å². The minimum absolute atomic E-state index is 0.0131. The fourth-order valence-corrected chi connectivity index (χ4v) is 8.51. The Hall–Kier alpha value is -5.04. The molecule has 1 aromatic heterocycles. The average Bonchev–Trinajstić information content (AvgIpc) is 3.65. The van der Waals surface area contributed by atoms with Crippen LogP contribution in [-0.4, -0.2) is 47.1 Å². The van der Waals surface area contributed by atoms with Gasteiger partial charge in [0.05, 0.1) is 36.1 Å². The van der Waals surface area contributed by atoms with Gasteiger partial charge in [0.25, 0.3) is 0 Å². The van der Waals surface area contributed by atoms with Crippen LogP contribution in [0.4, 0.5) is 4.79 Å². The Morgan fingerprint density at radius 1 is 0.852 bits per heavy atom. The predicted molar refractivity (Wildman–Crippen MR) is 212 cm³/mol. The maximum atomic E-state index is 12.9. The van der Waals surface area contributed by atoms with Gasteiger partial charge in [-0.05, 0) is 57.6 Å². The summed E-state index contributed by atoms with van der Waals surface area (Å²) in [7, 11) is 1.31. The molecule has 0 unspecified atom stereocenters. The topological polar surface area (TPSA) is 119 Å². The van der Waals surface area contributed by atoms with Crippen LogP contribution in [0.5, 0.6) is 0 Å². The molecule has 0 bridgehead atoms. The summed E-state index contributed by atoms with van der Waals surface area (Å²) in [6.07, 6.45) is 0.101. The van der Waals surface area contributed by atoms with Gasteiger partial charge in [0.2, 0.25) is 0 Å². The molecule has 11 heteroatoms. The van der Waals surface area contributed by atoms with Gasteiger partial charge in [-0.3, -0.25) is 0 Å². The molecule has 4 atom stereocenters. The molecule has 1 saturated heterocycles. The fraction of sp³-hybridized carbons (Fsp3) is 0.233. The van der Waals surface area contributed by atoms with Gasteiger partial charge in [-0.15, -0.1) is 11.3 Å². The van der Waals surface area contributed by atoms with E-state index in [4.69, 9.17) is 19.2 Å². The molecule has 1 aliphatic rings. The predicted octanol–water partition coefficient (Wildman–Crippen LogP) is 8.38. The first-order valence-corrected chi connectivity index (χ1v) is 19.6. The number of fused-ring (bicyclic) bond motifs is 1. The number of carbonyl (C=O) groups is 2. The standard InChI is InChI=1S/C43H41N3O6S2/c1-50-40(48)37(22-28-9-3-2-4-10-28)45-42(49)44-25-30-11-7-12-32(21-30)33-13-8-14-34(23-33)41-51-35(24-38(52-41)31-19-17-29(26-47)18-20-31)27-53-43-46-36-15-5-6-16-39(36)54-43/h2-21,23,35,37-38,41,47H,22,24-27H2,1H3,(H2,44,45,49)/t35-,37-,38+,41+/m0/s1. The number of nitrogens with zero attached hydrogens (tertiary/aromatic N) is 1. The van der Waals surface area contributed by atoms with E-state index in [1.165, 1.54) is 11.8 Å². The van der Waals surface area contributed by atoms with Crippen molar-refractivity contribution in [2.45, 2.75) is 54.9 Å². The maximum absolute atomic E-state index is 12.9. The lowest BCUT2D eigenvalue weighted by atomic mass is 9.99.